The first-order valence-corrected chi connectivity index (χ1v) is 9.23. The summed E-state index contributed by atoms with van der Waals surface area (Å²) in [6.07, 6.45) is 0.539. The largest absolute Gasteiger partial charge is 0.497 e. The van der Waals surface area contributed by atoms with Crippen molar-refractivity contribution in [3.8, 4) is 11.8 Å². The van der Waals surface area contributed by atoms with E-state index in [0.717, 1.165) is 31.1 Å². The maximum atomic E-state index is 8.70. The van der Waals surface area contributed by atoms with Crippen LogP contribution in [-0.4, -0.2) is 46.2 Å². The number of nitrogens with one attached hydrogen (secondary N) is 1. The number of nitrogens with zero attached hydrogens (tertiary/aromatic N) is 3. The van der Waals surface area contributed by atoms with Crippen LogP contribution in [0.3, 0.4) is 0 Å². The normalized spacial score (nSPS) is 11.9. The van der Waals surface area contributed by atoms with Crippen molar-refractivity contribution in [2.75, 3.05) is 46.2 Å². The molecule has 144 valence electrons. The highest BCUT2D eigenvalue weighted by Gasteiger charge is 2.13. The molecule has 0 saturated heterocycles. The molecule has 2 rings (SSSR count). The van der Waals surface area contributed by atoms with Crippen LogP contribution in [0.2, 0.25) is 0 Å². The molecule has 27 heavy (non-hydrogen) atoms. The Balaban J connectivity index is 1.90. The lowest BCUT2D eigenvalue weighted by molar-refractivity contribution is 0.288. The Labute approximate surface area is 163 Å². The Bertz CT molecular complexity index is 719. The Morgan fingerprint density at radius 3 is 2.26 bits per heavy atom. The SMILES string of the molecule is COc1ccc([C@@H](CNCc2ccc(N(C)CCC#N)cc2)N(C)C)cc1. The van der Waals surface area contributed by atoms with E-state index in [1.54, 1.807) is 7.11 Å². The monoisotopic (exact) mass is 366 g/mol. The van der Waals surface area contributed by atoms with Crippen LogP contribution < -0.4 is 15.0 Å². The van der Waals surface area contributed by atoms with E-state index >= 15 is 0 Å². The van der Waals surface area contributed by atoms with Crippen molar-refractivity contribution in [2.24, 2.45) is 0 Å². The van der Waals surface area contributed by atoms with Gasteiger partial charge in [-0.15, -0.1) is 0 Å². The van der Waals surface area contributed by atoms with Gasteiger partial charge in [0.2, 0.25) is 0 Å². The predicted molar refractivity (Wildman–Crippen MR) is 111 cm³/mol. The van der Waals surface area contributed by atoms with Gasteiger partial charge in [-0.3, -0.25) is 0 Å². The summed E-state index contributed by atoms with van der Waals surface area (Å²) in [6, 6.07) is 19.3. The predicted octanol–water partition coefficient (Wildman–Crippen LogP) is 3.44. The first kappa shape index (κ1) is 20.8. The quantitative estimate of drug-likeness (QED) is 0.698. The number of rotatable bonds is 10. The Morgan fingerprint density at radius 1 is 1.04 bits per heavy atom. The third-order valence-corrected chi connectivity index (χ3v) is 4.73. The lowest BCUT2D eigenvalue weighted by atomic mass is 10.1. The molecule has 0 spiro atoms. The van der Waals surface area contributed by atoms with Gasteiger partial charge >= 0.3 is 0 Å². The Kier molecular flexibility index (Phi) is 8.12. The number of anilines is 1. The number of nitriles is 1. The van der Waals surface area contributed by atoms with Gasteiger partial charge in [-0.1, -0.05) is 24.3 Å². The highest BCUT2D eigenvalue weighted by molar-refractivity contribution is 5.46. The molecule has 5 heteroatoms. The van der Waals surface area contributed by atoms with Crippen LogP contribution >= 0.6 is 0 Å². The smallest absolute Gasteiger partial charge is 0.118 e. The molecule has 0 aliphatic rings. The number of likely N-dealkylation sites (N-methyl/N-ethyl adjacent to an activating group) is 1. The summed E-state index contributed by atoms with van der Waals surface area (Å²) >= 11 is 0. The van der Waals surface area contributed by atoms with Crippen molar-refractivity contribution in [2.45, 2.75) is 19.0 Å². The van der Waals surface area contributed by atoms with Crippen LogP contribution in [0.15, 0.2) is 48.5 Å². The fourth-order valence-corrected chi connectivity index (χ4v) is 2.99. The molecule has 0 amide bonds. The number of methoxy groups -OCH3 is 1. The van der Waals surface area contributed by atoms with Gasteiger partial charge < -0.3 is 19.9 Å². The second kappa shape index (κ2) is 10.6. The summed E-state index contributed by atoms with van der Waals surface area (Å²) in [6.45, 7) is 2.44. The fraction of sp³-hybridized carbons (Fsp3) is 0.409. The lowest BCUT2D eigenvalue weighted by Crippen LogP contribution is -2.30. The molecule has 0 bridgehead atoms. The van der Waals surface area contributed by atoms with E-state index in [1.807, 2.05) is 19.2 Å². The van der Waals surface area contributed by atoms with Gasteiger partial charge in [0.15, 0.2) is 0 Å². The third-order valence-electron chi connectivity index (χ3n) is 4.73. The van der Waals surface area contributed by atoms with Crippen LogP contribution in [0.5, 0.6) is 5.75 Å². The summed E-state index contributed by atoms with van der Waals surface area (Å²) in [5.41, 5.74) is 3.65. The molecule has 0 fully saturated rings. The molecular formula is C22H30N4O. The zero-order valence-electron chi connectivity index (χ0n) is 16.8. The zero-order valence-corrected chi connectivity index (χ0v) is 16.8. The molecule has 0 aliphatic heterocycles. The van der Waals surface area contributed by atoms with Gasteiger partial charge in [0, 0.05) is 38.4 Å². The molecule has 0 radical (unpaired) electrons. The average molecular weight is 367 g/mol. The maximum absolute atomic E-state index is 8.70. The average Bonchev–Trinajstić information content (AvgIpc) is 2.69. The van der Waals surface area contributed by atoms with E-state index in [2.05, 4.69) is 71.7 Å². The van der Waals surface area contributed by atoms with Crippen LogP contribution in [-0.2, 0) is 6.54 Å². The molecule has 1 N–H and O–H groups in total. The molecule has 0 aromatic heterocycles. The minimum atomic E-state index is 0.298. The van der Waals surface area contributed by atoms with Crippen molar-refractivity contribution in [1.29, 1.82) is 5.26 Å². The third kappa shape index (κ3) is 6.28. The number of hydrogen-bond donors (Lipinski definition) is 1. The second-order valence-corrected chi connectivity index (χ2v) is 6.88. The summed E-state index contributed by atoms with van der Waals surface area (Å²) in [5, 5.41) is 12.3. The van der Waals surface area contributed by atoms with Crippen LogP contribution in [0, 0.1) is 11.3 Å². The van der Waals surface area contributed by atoms with E-state index in [4.69, 9.17) is 10.00 Å². The zero-order chi connectivity index (χ0) is 19.6. The van der Waals surface area contributed by atoms with Crippen molar-refractivity contribution in [1.82, 2.24) is 10.2 Å². The molecule has 0 heterocycles. The van der Waals surface area contributed by atoms with Crippen molar-refractivity contribution < 1.29 is 4.74 Å². The number of benzene rings is 2. The van der Waals surface area contributed by atoms with E-state index < -0.39 is 0 Å². The van der Waals surface area contributed by atoms with Gasteiger partial charge in [-0.25, -0.2) is 0 Å². The number of hydrogen-bond acceptors (Lipinski definition) is 5. The fourth-order valence-electron chi connectivity index (χ4n) is 2.99. The molecule has 1 atom stereocenters. The van der Waals surface area contributed by atoms with Crippen molar-refractivity contribution in [3.05, 3.63) is 59.7 Å². The molecular weight excluding hydrogens is 336 g/mol. The molecule has 2 aromatic carbocycles. The van der Waals surface area contributed by atoms with Crippen molar-refractivity contribution >= 4 is 5.69 Å². The summed E-state index contributed by atoms with van der Waals surface area (Å²) in [7, 11) is 7.90. The van der Waals surface area contributed by atoms with Gasteiger partial charge in [0.1, 0.15) is 5.75 Å². The Morgan fingerprint density at radius 2 is 1.70 bits per heavy atom. The van der Waals surface area contributed by atoms with Crippen molar-refractivity contribution in [3.63, 3.8) is 0 Å². The van der Waals surface area contributed by atoms with Gasteiger partial charge in [0.05, 0.1) is 19.6 Å². The topological polar surface area (TPSA) is 51.5 Å². The van der Waals surface area contributed by atoms with E-state index in [9.17, 15) is 0 Å². The van der Waals surface area contributed by atoms with Crippen LogP contribution in [0.4, 0.5) is 5.69 Å². The summed E-state index contributed by atoms with van der Waals surface area (Å²) in [4.78, 5) is 4.33. The summed E-state index contributed by atoms with van der Waals surface area (Å²) in [5.74, 6) is 0.879. The maximum Gasteiger partial charge on any atom is 0.118 e. The molecule has 0 saturated carbocycles. The molecule has 0 aliphatic carbocycles. The Hall–Kier alpha value is -2.55. The molecule has 2 aromatic rings. The van der Waals surface area contributed by atoms with Crippen LogP contribution in [0.1, 0.15) is 23.6 Å². The summed E-state index contributed by atoms with van der Waals surface area (Å²) < 4.78 is 5.25. The minimum Gasteiger partial charge on any atom is -0.497 e. The number of ether oxygens (including phenoxy) is 1. The second-order valence-electron chi connectivity index (χ2n) is 6.88. The van der Waals surface area contributed by atoms with Gasteiger partial charge in [-0.2, -0.15) is 5.26 Å². The first-order valence-electron chi connectivity index (χ1n) is 9.23. The van der Waals surface area contributed by atoms with Gasteiger partial charge in [-0.05, 0) is 49.5 Å². The molecule has 5 nitrogen and oxygen atoms in total. The molecule has 0 unspecified atom stereocenters. The highest BCUT2D eigenvalue weighted by atomic mass is 16.5. The minimum absolute atomic E-state index is 0.298. The highest BCUT2D eigenvalue weighted by Crippen LogP contribution is 2.21. The lowest BCUT2D eigenvalue weighted by Gasteiger charge is -2.25. The van der Waals surface area contributed by atoms with E-state index in [0.29, 0.717) is 12.5 Å². The van der Waals surface area contributed by atoms with E-state index in [1.165, 1.54) is 11.1 Å². The van der Waals surface area contributed by atoms with Gasteiger partial charge in [0.25, 0.3) is 0 Å². The van der Waals surface area contributed by atoms with Crippen LogP contribution in [0.25, 0.3) is 0 Å². The first-order chi connectivity index (χ1) is 13.0. The van der Waals surface area contributed by atoms with E-state index in [-0.39, 0.29) is 0 Å². The standard InChI is InChI=1S/C22H30N4O/c1-25(2)22(19-8-12-21(27-4)13-9-19)17-24-16-18-6-10-20(11-7-18)26(3)15-5-14-23/h6-13,22,24H,5,15-17H2,1-4H3/t22-/m1/s1.